The third-order valence-electron chi connectivity index (χ3n) is 1.59. The highest BCUT2D eigenvalue weighted by molar-refractivity contribution is 5.39. The fraction of sp³-hybridized carbons (Fsp3) is 0.273. The van der Waals surface area contributed by atoms with Crippen molar-refractivity contribution in [3.8, 4) is 17.6 Å². The summed E-state index contributed by atoms with van der Waals surface area (Å²) in [5.74, 6) is 6.43. The smallest absolute Gasteiger partial charge is 0.120 e. The van der Waals surface area contributed by atoms with Gasteiger partial charge in [-0.15, -0.1) is 0 Å². The molecule has 0 heterocycles. The monoisotopic (exact) mass is 201 g/mol. The SMILES string of the molecule is CCOc1cccc(C#CCN=[N+]=[N-])c1. The quantitative estimate of drug-likeness (QED) is 0.321. The van der Waals surface area contributed by atoms with E-state index in [1.807, 2.05) is 31.2 Å². The summed E-state index contributed by atoms with van der Waals surface area (Å²) >= 11 is 0. The predicted octanol–water partition coefficient (Wildman–Crippen LogP) is 2.75. The number of rotatable bonds is 3. The molecule has 0 N–H and O–H groups in total. The fourth-order valence-electron chi connectivity index (χ4n) is 1.04. The molecule has 76 valence electrons. The second-order valence-corrected chi connectivity index (χ2v) is 2.65. The summed E-state index contributed by atoms with van der Waals surface area (Å²) in [6, 6.07) is 7.49. The first-order valence-electron chi connectivity index (χ1n) is 4.59. The van der Waals surface area contributed by atoms with Crippen LogP contribution in [0.25, 0.3) is 10.4 Å². The Morgan fingerprint density at radius 3 is 3.13 bits per heavy atom. The van der Waals surface area contributed by atoms with E-state index >= 15 is 0 Å². The molecular formula is C11H11N3O. The van der Waals surface area contributed by atoms with E-state index in [1.165, 1.54) is 0 Å². The van der Waals surface area contributed by atoms with Crippen LogP contribution in [-0.4, -0.2) is 13.2 Å². The Morgan fingerprint density at radius 2 is 2.40 bits per heavy atom. The fourth-order valence-corrected chi connectivity index (χ4v) is 1.04. The highest BCUT2D eigenvalue weighted by atomic mass is 16.5. The lowest BCUT2D eigenvalue weighted by molar-refractivity contribution is 0.340. The van der Waals surface area contributed by atoms with Crippen LogP contribution < -0.4 is 4.74 Å². The van der Waals surface area contributed by atoms with Gasteiger partial charge in [0.1, 0.15) is 5.75 Å². The van der Waals surface area contributed by atoms with Crippen molar-refractivity contribution in [2.75, 3.05) is 13.2 Å². The molecule has 1 rings (SSSR count). The van der Waals surface area contributed by atoms with Crippen LogP contribution in [0.15, 0.2) is 29.4 Å². The van der Waals surface area contributed by atoms with Crippen LogP contribution >= 0.6 is 0 Å². The number of nitrogens with zero attached hydrogens (tertiary/aromatic N) is 3. The standard InChI is InChI=1S/C11H11N3O/c1-2-15-11-7-3-5-10(9-11)6-4-8-13-14-12/h3,5,7,9H,2,8H2,1H3. The van der Waals surface area contributed by atoms with Gasteiger partial charge in [0.05, 0.1) is 13.2 Å². The van der Waals surface area contributed by atoms with Crippen LogP contribution in [0.4, 0.5) is 0 Å². The van der Waals surface area contributed by atoms with Gasteiger partial charge in [-0.25, -0.2) is 0 Å². The van der Waals surface area contributed by atoms with Crippen molar-refractivity contribution in [2.24, 2.45) is 5.11 Å². The van der Waals surface area contributed by atoms with Crippen molar-refractivity contribution in [1.29, 1.82) is 0 Å². The molecule has 0 fully saturated rings. The molecule has 0 aliphatic rings. The molecule has 0 spiro atoms. The first-order valence-corrected chi connectivity index (χ1v) is 4.59. The van der Waals surface area contributed by atoms with Crippen molar-refractivity contribution < 1.29 is 4.74 Å². The molecule has 0 bridgehead atoms. The first-order chi connectivity index (χ1) is 7.36. The van der Waals surface area contributed by atoms with Gasteiger partial charge in [0, 0.05) is 10.5 Å². The van der Waals surface area contributed by atoms with Gasteiger partial charge >= 0.3 is 0 Å². The number of hydrogen-bond acceptors (Lipinski definition) is 2. The zero-order valence-electron chi connectivity index (χ0n) is 8.47. The van der Waals surface area contributed by atoms with E-state index in [2.05, 4.69) is 21.9 Å². The molecule has 1 aromatic rings. The Hall–Kier alpha value is -2.11. The predicted molar refractivity (Wildman–Crippen MR) is 58.5 cm³/mol. The zero-order valence-corrected chi connectivity index (χ0v) is 8.47. The maximum Gasteiger partial charge on any atom is 0.120 e. The Morgan fingerprint density at radius 1 is 1.53 bits per heavy atom. The van der Waals surface area contributed by atoms with Gasteiger partial charge in [-0.1, -0.05) is 23.0 Å². The summed E-state index contributed by atoms with van der Waals surface area (Å²) in [5, 5.41) is 3.32. The summed E-state index contributed by atoms with van der Waals surface area (Å²) in [6.45, 7) is 2.75. The second-order valence-electron chi connectivity index (χ2n) is 2.65. The molecule has 0 saturated carbocycles. The van der Waals surface area contributed by atoms with Gasteiger partial charge in [-0.05, 0) is 30.7 Å². The lowest BCUT2D eigenvalue weighted by Crippen LogP contribution is -1.91. The molecule has 4 nitrogen and oxygen atoms in total. The molecule has 0 saturated heterocycles. The molecule has 0 atom stereocenters. The van der Waals surface area contributed by atoms with Crippen molar-refractivity contribution >= 4 is 0 Å². The molecular weight excluding hydrogens is 190 g/mol. The Kier molecular flexibility index (Phi) is 4.65. The Balaban J connectivity index is 2.71. The van der Waals surface area contributed by atoms with Gasteiger partial charge in [0.25, 0.3) is 0 Å². The lowest BCUT2D eigenvalue weighted by Gasteiger charge is -2.01. The molecule has 0 aromatic heterocycles. The third-order valence-corrected chi connectivity index (χ3v) is 1.59. The van der Waals surface area contributed by atoms with Crippen molar-refractivity contribution in [2.45, 2.75) is 6.92 Å². The largest absolute Gasteiger partial charge is 0.494 e. The Labute approximate surface area is 88.5 Å². The van der Waals surface area contributed by atoms with Gasteiger partial charge in [0.15, 0.2) is 0 Å². The molecule has 0 radical (unpaired) electrons. The van der Waals surface area contributed by atoms with Crippen LogP contribution in [0.2, 0.25) is 0 Å². The summed E-state index contributed by atoms with van der Waals surface area (Å²) in [4.78, 5) is 2.61. The van der Waals surface area contributed by atoms with Crippen LogP contribution in [0.1, 0.15) is 12.5 Å². The number of azide groups is 1. The number of ether oxygens (including phenoxy) is 1. The lowest BCUT2D eigenvalue weighted by atomic mass is 10.2. The summed E-state index contributed by atoms with van der Waals surface area (Å²) in [5.41, 5.74) is 8.90. The second kappa shape index (κ2) is 6.36. The molecule has 4 heteroatoms. The normalized spacial score (nSPS) is 8.33. The third kappa shape index (κ3) is 4.08. The van der Waals surface area contributed by atoms with E-state index in [0.29, 0.717) is 6.61 Å². The Bertz CT molecular complexity index is 425. The van der Waals surface area contributed by atoms with Crippen LogP contribution in [0.3, 0.4) is 0 Å². The van der Waals surface area contributed by atoms with Crippen LogP contribution in [0, 0.1) is 11.8 Å². The van der Waals surface area contributed by atoms with Gasteiger partial charge in [-0.2, -0.15) is 0 Å². The topological polar surface area (TPSA) is 58.0 Å². The van der Waals surface area contributed by atoms with E-state index in [4.69, 9.17) is 10.3 Å². The minimum Gasteiger partial charge on any atom is -0.494 e. The van der Waals surface area contributed by atoms with Gasteiger partial charge in [0.2, 0.25) is 0 Å². The minimum atomic E-state index is 0.190. The van der Waals surface area contributed by atoms with Crippen molar-refractivity contribution in [3.63, 3.8) is 0 Å². The average molecular weight is 201 g/mol. The minimum absolute atomic E-state index is 0.190. The van der Waals surface area contributed by atoms with Gasteiger partial charge in [-0.3, -0.25) is 0 Å². The maximum atomic E-state index is 8.05. The highest BCUT2D eigenvalue weighted by Gasteiger charge is 1.91. The van der Waals surface area contributed by atoms with E-state index in [9.17, 15) is 0 Å². The molecule has 1 aromatic carbocycles. The van der Waals surface area contributed by atoms with E-state index in [1.54, 1.807) is 0 Å². The number of hydrogen-bond donors (Lipinski definition) is 0. The summed E-state index contributed by atoms with van der Waals surface area (Å²) in [6.07, 6.45) is 0. The summed E-state index contributed by atoms with van der Waals surface area (Å²) < 4.78 is 5.32. The van der Waals surface area contributed by atoms with Crippen LogP contribution in [-0.2, 0) is 0 Å². The maximum absolute atomic E-state index is 8.05. The zero-order chi connectivity index (χ0) is 10.9. The number of benzene rings is 1. The van der Waals surface area contributed by atoms with E-state index < -0.39 is 0 Å². The van der Waals surface area contributed by atoms with Crippen molar-refractivity contribution in [3.05, 3.63) is 40.3 Å². The average Bonchev–Trinajstić information content (AvgIpc) is 2.26. The van der Waals surface area contributed by atoms with E-state index in [0.717, 1.165) is 11.3 Å². The molecule has 0 aliphatic carbocycles. The molecule has 15 heavy (non-hydrogen) atoms. The van der Waals surface area contributed by atoms with Crippen LogP contribution in [0.5, 0.6) is 5.75 Å². The summed E-state index contributed by atoms with van der Waals surface area (Å²) in [7, 11) is 0. The molecule has 0 aliphatic heterocycles. The molecule has 0 unspecified atom stereocenters. The van der Waals surface area contributed by atoms with Crippen molar-refractivity contribution in [1.82, 2.24) is 0 Å². The molecule has 0 amide bonds. The van der Waals surface area contributed by atoms with Gasteiger partial charge < -0.3 is 4.74 Å². The first kappa shape index (κ1) is 11.0. The highest BCUT2D eigenvalue weighted by Crippen LogP contribution is 2.11. The van der Waals surface area contributed by atoms with E-state index in [-0.39, 0.29) is 6.54 Å².